The van der Waals surface area contributed by atoms with Crippen LogP contribution in [0, 0.1) is 6.92 Å². The van der Waals surface area contributed by atoms with Gasteiger partial charge in [-0.3, -0.25) is 13.4 Å². The Morgan fingerprint density at radius 2 is 1.26 bits per heavy atom. The third-order valence-electron chi connectivity index (χ3n) is 8.64. The molecular formula is C39H27N7. The summed E-state index contributed by atoms with van der Waals surface area (Å²) < 4.78 is 6.67. The standard InChI is InChI=1S/C39H27N7/c1-3-4-22-31-25(2)45-34-30-21-13-14-23-32(30)46(35(34)33-29-20-12-11-19-28(29)24-44(33)39(45)40-31)38-42-36(26-15-7-5-8-16-26)41-37(43-38)27-17-9-6-10-18-27/h3-24H,1H2,2H3/b22-4-. The molecule has 46 heavy (non-hydrogen) atoms. The number of allylic oxidation sites excluding steroid dienone is 2. The number of para-hydroxylation sites is 1. The van der Waals surface area contributed by atoms with Crippen LogP contribution >= 0.6 is 0 Å². The highest BCUT2D eigenvalue weighted by Gasteiger charge is 2.25. The van der Waals surface area contributed by atoms with E-state index in [9.17, 15) is 0 Å². The van der Waals surface area contributed by atoms with Crippen LogP contribution in [0.25, 0.3) is 78.8 Å². The summed E-state index contributed by atoms with van der Waals surface area (Å²) in [5.41, 5.74) is 7.86. The average molecular weight is 594 g/mol. The van der Waals surface area contributed by atoms with Gasteiger partial charge in [0.2, 0.25) is 11.7 Å². The lowest BCUT2D eigenvalue weighted by molar-refractivity contribution is 0.950. The SMILES string of the molecule is C=C/C=C\c1nc2n3cc4ccccc4c3c3c(c4ccccc4n3-c3nc(-c4ccccc4)nc(-c4ccccc4)n3)n2c1C. The van der Waals surface area contributed by atoms with E-state index in [-0.39, 0.29) is 0 Å². The lowest BCUT2D eigenvalue weighted by Crippen LogP contribution is -2.07. The fourth-order valence-electron chi connectivity index (χ4n) is 6.58. The molecule has 7 nitrogen and oxygen atoms in total. The van der Waals surface area contributed by atoms with E-state index < -0.39 is 0 Å². The molecule has 7 heteroatoms. The Balaban J connectivity index is 1.51. The summed E-state index contributed by atoms with van der Waals surface area (Å²) in [6.07, 6.45) is 7.90. The summed E-state index contributed by atoms with van der Waals surface area (Å²) in [6.45, 7) is 5.99. The van der Waals surface area contributed by atoms with Gasteiger partial charge in [-0.25, -0.2) is 9.97 Å². The first-order valence-electron chi connectivity index (χ1n) is 15.2. The van der Waals surface area contributed by atoms with Crippen molar-refractivity contribution in [3.05, 3.63) is 146 Å². The molecule has 9 rings (SSSR count). The van der Waals surface area contributed by atoms with Crippen LogP contribution in [0.5, 0.6) is 0 Å². The van der Waals surface area contributed by atoms with E-state index in [4.69, 9.17) is 19.9 Å². The van der Waals surface area contributed by atoms with E-state index >= 15 is 0 Å². The Morgan fingerprint density at radius 1 is 0.630 bits per heavy atom. The van der Waals surface area contributed by atoms with E-state index in [1.807, 2.05) is 72.8 Å². The Hall–Kier alpha value is -6.34. The van der Waals surface area contributed by atoms with Gasteiger partial charge >= 0.3 is 0 Å². The van der Waals surface area contributed by atoms with Crippen molar-refractivity contribution in [1.82, 2.24) is 33.3 Å². The highest BCUT2D eigenvalue weighted by Crippen LogP contribution is 2.39. The maximum atomic E-state index is 5.18. The minimum Gasteiger partial charge on any atom is -0.284 e. The van der Waals surface area contributed by atoms with Crippen molar-refractivity contribution in [3.8, 4) is 28.7 Å². The molecule has 0 saturated carbocycles. The minimum atomic E-state index is 0.551. The van der Waals surface area contributed by atoms with Crippen molar-refractivity contribution in [3.63, 3.8) is 0 Å². The highest BCUT2D eigenvalue weighted by atomic mass is 15.2. The molecule has 0 bridgehead atoms. The summed E-state index contributed by atoms with van der Waals surface area (Å²) in [5, 5.41) is 3.34. The third-order valence-corrected chi connectivity index (χ3v) is 8.64. The number of imidazole rings is 1. The molecule has 0 spiro atoms. The Morgan fingerprint density at radius 3 is 1.96 bits per heavy atom. The average Bonchev–Trinajstić information content (AvgIpc) is 3.77. The Kier molecular flexibility index (Phi) is 5.73. The molecule has 0 fully saturated rings. The van der Waals surface area contributed by atoms with Crippen molar-refractivity contribution in [2.75, 3.05) is 0 Å². The molecule has 0 atom stereocenters. The summed E-state index contributed by atoms with van der Waals surface area (Å²) >= 11 is 0. The van der Waals surface area contributed by atoms with Crippen LogP contribution in [0.15, 0.2) is 134 Å². The molecule has 0 aliphatic rings. The van der Waals surface area contributed by atoms with Crippen molar-refractivity contribution >= 4 is 50.1 Å². The van der Waals surface area contributed by atoms with Crippen molar-refractivity contribution < 1.29 is 0 Å². The number of nitrogens with zero attached hydrogens (tertiary/aromatic N) is 7. The van der Waals surface area contributed by atoms with Crippen LogP contribution in [-0.4, -0.2) is 33.3 Å². The van der Waals surface area contributed by atoms with E-state index in [0.717, 1.165) is 66.5 Å². The lowest BCUT2D eigenvalue weighted by atomic mass is 10.2. The van der Waals surface area contributed by atoms with Gasteiger partial charge < -0.3 is 0 Å². The molecule has 0 radical (unpaired) electrons. The minimum absolute atomic E-state index is 0.551. The molecule has 9 aromatic rings. The van der Waals surface area contributed by atoms with Gasteiger partial charge in [0.15, 0.2) is 11.6 Å². The molecule has 218 valence electrons. The monoisotopic (exact) mass is 593 g/mol. The molecule has 4 aromatic carbocycles. The normalized spacial score (nSPS) is 12.0. The van der Waals surface area contributed by atoms with Gasteiger partial charge in [-0.2, -0.15) is 9.97 Å². The number of aryl methyl sites for hydroxylation is 1. The molecular weight excluding hydrogens is 566 g/mol. The fraction of sp³-hybridized carbons (Fsp3) is 0.0256. The molecule has 5 aromatic heterocycles. The molecule has 0 amide bonds. The topological polar surface area (TPSA) is 65.3 Å². The van der Waals surface area contributed by atoms with E-state index in [0.29, 0.717) is 17.6 Å². The van der Waals surface area contributed by atoms with E-state index in [1.54, 1.807) is 6.08 Å². The van der Waals surface area contributed by atoms with Crippen molar-refractivity contribution in [2.24, 2.45) is 0 Å². The van der Waals surface area contributed by atoms with Crippen LogP contribution in [0.2, 0.25) is 0 Å². The van der Waals surface area contributed by atoms with Gasteiger partial charge in [0.1, 0.15) is 0 Å². The summed E-state index contributed by atoms with van der Waals surface area (Å²) in [6, 6.07) is 37.1. The summed E-state index contributed by atoms with van der Waals surface area (Å²) in [7, 11) is 0. The van der Waals surface area contributed by atoms with E-state index in [2.05, 4.69) is 81.6 Å². The van der Waals surface area contributed by atoms with E-state index in [1.165, 1.54) is 0 Å². The van der Waals surface area contributed by atoms with Crippen molar-refractivity contribution in [1.29, 1.82) is 0 Å². The Labute approximate surface area is 264 Å². The lowest BCUT2D eigenvalue weighted by Gasteiger charge is -2.12. The number of rotatable bonds is 5. The zero-order chi connectivity index (χ0) is 30.8. The quantitative estimate of drug-likeness (QED) is 0.187. The number of fused-ring (bicyclic) bond motifs is 10. The van der Waals surface area contributed by atoms with Gasteiger partial charge in [-0.15, -0.1) is 0 Å². The second kappa shape index (κ2) is 10.1. The first-order valence-corrected chi connectivity index (χ1v) is 15.2. The smallest absolute Gasteiger partial charge is 0.238 e. The third kappa shape index (κ3) is 3.78. The molecule has 0 saturated heterocycles. The van der Waals surface area contributed by atoms with Crippen LogP contribution in [-0.2, 0) is 0 Å². The molecule has 0 aliphatic heterocycles. The van der Waals surface area contributed by atoms with Crippen LogP contribution in [0.1, 0.15) is 11.4 Å². The maximum Gasteiger partial charge on any atom is 0.238 e. The van der Waals surface area contributed by atoms with Gasteiger partial charge in [0, 0.05) is 39.2 Å². The largest absolute Gasteiger partial charge is 0.284 e. The number of benzene rings is 4. The van der Waals surface area contributed by atoms with Crippen LogP contribution in [0.4, 0.5) is 0 Å². The number of aromatic nitrogens is 7. The van der Waals surface area contributed by atoms with Gasteiger partial charge in [0.05, 0.1) is 27.8 Å². The van der Waals surface area contributed by atoms with Crippen LogP contribution < -0.4 is 0 Å². The number of hydrogen-bond donors (Lipinski definition) is 0. The van der Waals surface area contributed by atoms with Gasteiger partial charge in [-0.05, 0) is 19.1 Å². The molecule has 0 aliphatic carbocycles. The number of hydrogen-bond acceptors (Lipinski definition) is 4. The fourth-order valence-corrected chi connectivity index (χ4v) is 6.58. The molecule has 5 heterocycles. The molecule has 0 unspecified atom stereocenters. The predicted molar refractivity (Wildman–Crippen MR) is 186 cm³/mol. The second-order valence-electron chi connectivity index (χ2n) is 11.3. The zero-order valence-electron chi connectivity index (χ0n) is 25.0. The summed E-state index contributed by atoms with van der Waals surface area (Å²) in [5.74, 6) is 2.62. The van der Waals surface area contributed by atoms with Crippen molar-refractivity contribution in [2.45, 2.75) is 6.92 Å². The first kappa shape index (κ1) is 26.1. The van der Waals surface area contributed by atoms with Gasteiger partial charge in [0.25, 0.3) is 0 Å². The van der Waals surface area contributed by atoms with Gasteiger partial charge in [-0.1, -0.05) is 122 Å². The second-order valence-corrected chi connectivity index (χ2v) is 11.3. The first-order chi connectivity index (χ1) is 22.7. The highest BCUT2D eigenvalue weighted by molar-refractivity contribution is 6.19. The Bertz CT molecular complexity index is 2600. The maximum absolute atomic E-state index is 5.18. The molecule has 0 N–H and O–H groups in total. The zero-order valence-corrected chi connectivity index (χ0v) is 25.0. The summed E-state index contributed by atoms with van der Waals surface area (Å²) in [4.78, 5) is 20.5. The predicted octanol–water partition coefficient (Wildman–Crippen LogP) is 8.86. The van der Waals surface area contributed by atoms with Crippen LogP contribution in [0.3, 0.4) is 0 Å².